The topological polar surface area (TPSA) is 17.1 Å². The average molecular weight is 264 g/mol. The van der Waals surface area contributed by atoms with Gasteiger partial charge in [0.1, 0.15) is 0 Å². The number of hydrogen-bond acceptors (Lipinski definition) is 2. The van der Waals surface area contributed by atoms with E-state index in [9.17, 15) is 4.79 Å². The Labute approximate surface area is 115 Å². The number of aryl methyl sites for hydroxylation is 2. The largest absolute Gasteiger partial charge is 0.289 e. The maximum absolute atomic E-state index is 12.6. The minimum Gasteiger partial charge on any atom is -0.289 e. The molecule has 0 unspecified atom stereocenters. The fourth-order valence-corrected chi connectivity index (χ4v) is 3.63. The molecule has 0 saturated heterocycles. The molecule has 0 spiro atoms. The second-order valence-electron chi connectivity index (χ2n) is 4.95. The third kappa shape index (κ3) is 1.57. The first-order valence-electron chi connectivity index (χ1n) is 6.45. The second-order valence-corrected chi connectivity index (χ2v) is 5.73. The molecule has 19 heavy (non-hydrogen) atoms. The lowest BCUT2D eigenvalue weighted by Gasteiger charge is -2.07. The van der Waals surface area contributed by atoms with Crippen molar-refractivity contribution in [3.8, 4) is 0 Å². The van der Waals surface area contributed by atoms with E-state index >= 15 is 0 Å². The molecule has 0 bridgehead atoms. The SMILES string of the molecule is O=C(c1ccsc1)c1ccc2c3c(cccc13)CC2. The minimum atomic E-state index is 0.136. The van der Waals surface area contributed by atoms with Gasteiger partial charge in [0, 0.05) is 16.5 Å². The molecule has 1 aliphatic carbocycles. The van der Waals surface area contributed by atoms with E-state index in [1.165, 1.54) is 16.5 Å². The zero-order valence-corrected chi connectivity index (χ0v) is 11.2. The van der Waals surface area contributed by atoms with Crippen LogP contribution in [0.25, 0.3) is 10.8 Å². The lowest BCUT2D eigenvalue weighted by atomic mass is 9.96. The highest BCUT2D eigenvalue weighted by Crippen LogP contribution is 2.33. The molecule has 1 nitrogen and oxygen atoms in total. The molecule has 2 aromatic carbocycles. The predicted octanol–water partition coefficient (Wildman–Crippen LogP) is 4.23. The Morgan fingerprint density at radius 2 is 1.84 bits per heavy atom. The van der Waals surface area contributed by atoms with Crippen LogP contribution in [0, 0.1) is 0 Å². The summed E-state index contributed by atoms with van der Waals surface area (Å²) in [4.78, 5) is 12.6. The molecule has 0 radical (unpaired) electrons. The van der Waals surface area contributed by atoms with Gasteiger partial charge >= 0.3 is 0 Å². The summed E-state index contributed by atoms with van der Waals surface area (Å²) in [5.41, 5.74) is 4.39. The Morgan fingerprint density at radius 1 is 1.00 bits per heavy atom. The highest BCUT2D eigenvalue weighted by molar-refractivity contribution is 7.08. The average Bonchev–Trinajstić information content (AvgIpc) is 3.09. The van der Waals surface area contributed by atoms with Crippen LogP contribution in [0.15, 0.2) is 47.2 Å². The summed E-state index contributed by atoms with van der Waals surface area (Å²) in [5.74, 6) is 0.136. The Morgan fingerprint density at radius 3 is 2.63 bits per heavy atom. The van der Waals surface area contributed by atoms with E-state index in [2.05, 4.69) is 24.3 Å². The van der Waals surface area contributed by atoms with Gasteiger partial charge in [0.2, 0.25) is 0 Å². The van der Waals surface area contributed by atoms with Gasteiger partial charge in [-0.3, -0.25) is 4.79 Å². The van der Waals surface area contributed by atoms with Gasteiger partial charge in [-0.25, -0.2) is 0 Å². The van der Waals surface area contributed by atoms with E-state index in [1.807, 2.05) is 22.9 Å². The Balaban J connectivity index is 2.00. The molecule has 4 rings (SSSR count). The lowest BCUT2D eigenvalue weighted by molar-refractivity contribution is 0.104. The molecule has 0 amide bonds. The molecule has 1 heterocycles. The Kier molecular flexibility index (Phi) is 2.32. The van der Waals surface area contributed by atoms with Crippen LogP contribution in [-0.2, 0) is 12.8 Å². The van der Waals surface area contributed by atoms with Gasteiger partial charge in [-0.15, -0.1) is 0 Å². The number of benzene rings is 2. The standard InChI is InChI=1S/C17H12OS/c18-17(13-8-9-19-10-13)15-7-6-12-5-4-11-2-1-3-14(15)16(11)12/h1-3,6-10H,4-5H2. The molecule has 1 aliphatic rings. The van der Waals surface area contributed by atoms with Crippen molar-refractivity contribution in [1.82, 2.24) is 0 Å². The van der Waals surface area contributed by atoms with Crippen LogP contribution in [0.1, 0.15) is 27.0 Å². The van der Waals surface area contributed by atoms with Crippen molar-refractivity contribution in [3.05, 3.63) is 69.4 Å². The molecule has 0 fully saturated rings. The maximum atomic E-state index is 12.6. The van der Waals surface area contributed by atoms with Crippen molar-refractivity contribution in [2.24, 2.45) is 0 Å². The first-order valence-corrected chi connectivity index (χ1v) is 7.39. The highest BCUT2D eigenvalue weighted by Gasteiger charge is 2.19. The fraction of sp³-hybridized carbons (Fsp3) is 0.118. The van der Waals surface area contributed by atoms with Crippen molar-refractivity contribution in [2.45, 2.75) is 12.8 Å². The van der Waals surface area contributed by atoms with Gasteiger partial charge in [-0.1, -0.05) is 30.3 Å². The number of rotatable bonds is 2. The summed E-state index contributed by atoms with van der Waals surface area (Å²) >= 11 is 1.57. The van der Waals surface area contributed by atoms with Gasteiger partial charge < -0.3 is 0 Å². The number of thiophene rings is 1. The molecule has 0 atom stereocenters. The van der Waals surface area contributed by atoms with Crippen LogP contribution in [0.5, 0.6) is 0 Å². The first-order chi connectivity index (χ1) is 9.34. The van der Waals surface area contributed by atoms with E-state index in [0.717, 1.165) is 29.4 Å². The van der Waals surface area contributed by atoms with Crippen LogP contribution in [0.2, 0.25) is 0 Å². The summed E-state index contributed by atoms with van der Waals surface area (Å²) in [6, 6.07) is 12.3. The third-order valence-electron chi connectivity index (χ3n) is 3.90. The predicted molar refractivity (Wildman–Crippen MR) is 79.1 cm³/mol. The van der Waals surface area contributed by atoms with E-state index in [4.69, 9.17) is 0 Å². The summed E-state index contributed by atoms with van der Waals surface area (Å²) in [6.07, 6.45) is 2.20. The summed E-state index contributed by atoms with van der Waals surface area (Å²) in [5, 5.41) is 6.30. The zero-order chi connectivity index (χ0) is 12.8. The quantitative estimate of drug-likeness (QED) is 0.633. The van der Waals surface area contributed by atoms with Gasteiger partial charge in [0.15, 0.2) is 5.78 Å². The molecule has 0 aliphatic heterocycles. The monoisotopic (exact) mass is 264 g/mol. The lowest BCUT2D eigenvalue weighted by Crippen LogP contribution is -2.01. The van der Waals surface area contributed by atoms with Crippen molar-refractivity contribution in [3.63, 3.8) is 0 Å². The van der Waals surface area contributed by atoms with Crippen LogP contribution in [-0.4, -0.2) is 5.78 Å². The molecule has 3 aromatic rings. The smallest absolute Gasteiger partial charge is 0.194 e. The molecule has 0 N–H and O–H groups in total. The van der Waals surface area contributed by atoms with Crippen molar-refractivity contribution in [2.75, 3.05) is 0 Å². The fourth-order valence-electron chi connectivity index (χ4n) is 2.99. The number of carbonyl (C=O) groups excluding carboxylic acids is 1. The summed E-state index contributed by atoms with van der Waals surface area (Å²) in [7, 11) is 0. The molecule has 1 aromatic heterocycles. The van der Waals surface area contributed by atoms with Gasteiger partial charge in [-0.2, -0.15) is 11.3 Å². The Bertz CT molecular complexity index is 774. The normalized spacial score (nSPS) is 13.1. The molecule has 0 saturated carbocycles. The van der Waals surface area contributed by atoms with Crippen molar-refractivity contribution < 1.29 is 4.79 Å². The van der Waals surface area contributed by atoms with E-state index in [-0.39, 0.29) is 5.78 Å². The highest BCUT2D eigenvalue weighted by atomic mass is 32.1. The maximum Gasteiger partial charge on any atom is 0.194 e. The van der Waals surface area contributed by atoms with Crippen LogP contribution in [0.3, 0.4) is 0 Å². The molecule has 92 valence electrons. The van der Waals surface area contributed by atoms with Gasteiger partial charge in [0.25, 0.3) is 0 Å². The number of ketones is 1. The minimum absolute atomic E-state index is 0.136. The molecular weight excluding hydrogens is 252 g/mol. The van der Waals surface area contributed by atoms with Crippen LogP contribution in [0.4, 0.5) is 0 Å². The summed E-state index contributed by atoms with van der Waals surface area (Å²) < 4.78 is 0. The van der Waals surface area contributed by atoms with E-state index < -0.39 is 0 Å². The molecule has 2 heteroatoms. The van der Waals surface area contributed by atoms with Gasteiger partial charge in [0.05, 0.1) is 0 Å². The Hall–Kier alpha value is -1.93. The van der Waals surface area contributed by atoms with Crippen LogP contribution < -0.4 is 0 Å². The number of carbonyl (C=O) groups is 1. The van der Waals surface area contributed by atoms with Gasteiger partial charge in [-0.05, 0) is 46.2 Å². The molecular formula is C17H12OS. The second kappa shape index (κ2) is 4.04. The summed E-state index contributed by atoms with van der Waals surface area (Å²) in [6.45, 7) is 0. The first kappa shape index (κ1) is 10.9. The van der Waals surface area contributed by atoms with Crippen molar-refractivity contribution >= 4 is 27.9 Å². The van der Waals surface area contributed by atoms with E-state index in [0.29, 0.717) is 0 Å². The van der Waals surface area contributed by atoms with E-state index in [1.54, 1.807) is 11.3 Å². The third-order valence-corrected chi connectivity index (χ3v) is 4.59. The zero-order valence-electron chi connectivity index (χ0n) is 10.3. The van der Waals surface area contributed by atoms with Crippen LogP contribution >= 0.6 is 11.3 Å². The number of hydrogen-bond donors (Lipinski definition) is 0. The van der Waals surface area contributed by atoms with Crippen molar-refractivity contribution in [1.29, 1.82) is 0 Å².